The topological polar surface area (TPSA) is 115 Å². The molecule has 4 N–H and O–H groups in total. The summed E-state index contributed by atoms with van der Waals surface area (Å²) in [6.45, 7) is 1.72. The molecule has 2 unspecified atom stereocenters. The highest BCUT2D eigenvalue weighted by atomic mass is 16.4. The number of carboxylic acids is 1. The second-order valence-corrected chi connectivity index (χ2v) is 7.50. The number of aliphatic carboxylic acids is 1. The Morgan fingerprint density at radius 2 is 1.85 bits per heavy atom. The maximum atomic E-state index is 12.1. The number of carbonyl (C=O) groups excluding carboxylic acids is 1. The Labute approximate surface area is 155 Å². The van der Waals surface area contributed by atoms with E-state index in [2.05, 4.69) is 0 Å². The number of aliphatic hydroxyl groups is 3. The molecule has 0 spiro atoms. The number of unbranched alkanes of at least 4 members (excludes halogenated alkanes) is 3. The van der Waals surface area contributed by atoms with Crippen molar-refractivity contribution in [3.05, 3.63) is 12.2 Å². The van der Waals surface area contributed by atoms with Crippen molar-refractivity contribution < 1.29 is 30.0 Å². The molecule has 0 aromatic rings. The van der Waals surface area contributed by atoms with E-state index in [0.29, 0.717) is 25.7 Å². The average Bonchev–Trinajstić information content (AvgIpc) is 2.81. The zero-order chi connectivity index (χ0) is 19.5. The van der Waals surface area contributed by atoms with Gasteiger partial charge in [0.2, 0.25) is 0 Å². The number of ketones is 1. The summed E-state index contributed by atoms with van der Waals surface area (Å²) in [5.41, 5.74) is 0. The van der Waals surface area contributed by atoms with Gasteiger partial charge in [-0.1, -0.05) is 31.4 Å². The van der Waals surface area contributed by atoms with Gasteiger partial charge in [-0.2, -0.15) is 0 Å². The molecule has 0 aliphatic heterocycles. The molecule has 0 bridgehead atoms. The molecule has 0 saturated heterocycles. The predicted molar refractivity (Wildman–Crippen MR) is 98.6 cm³/mol. The third kappa shape index (κ3) is 8.92. The first-order valence-electron chi connectivity index (χ1n) is 9.78. The van der Waals surface area contributed by atoms with Crippen LogP contribution >= 0.6 is 0 Å². The Kier molecular flexibility index (Phi) is 10.7. The molecule has 0 aromatic heterocycles. The fraction of sp³-hybridized carbons (Fsp3) is 0.800. The summed E-state index contributed by atoms with van der Waals surface area (Å²) in [6.07, 6.45) is 7.88. The van der Waals surface area contributed by atoms with Gasteiger partial charge in [-0.3, -0.25) is 9.59 Å². The van der Waals surface area contributed by atoms with E-state index in [1.165, 1.54) is 0 Å². The summed E-state index contributed by atoms with van der Waals surface area (Å²) in [5, 5.41) is 38.0. The van der Waals surface area contributed by atoms with E-state index in [1.54, 1.807) is 19.1 Å². The van der Waals surface area contributed by atoms with Gasteiger partial charge < -0.3 is 20.4 Å². The second kappa shape index (κ2) is 12.2. The van der Waals surface area contributed by atoms with Crippen molar-refractivity contribution in [3.63, 3.8) is 0 Å². The Bertz CT molecular complexity index is 459. The van der Waals surface area contributed by atoms with Crippen LogP contribution in [-0.2, 0) is 9.59 Å². The van der Waals surface area contributed by atoms with E-state index in [4.69, 9.17) is 5.11 Å². The van der Waals surface area contributed by atoms with Crippen molar-refractivity contribution in [1.29, 1.82) is 0 Å². The van der Waals surface area contributed by atoms with Crippen LogP contribution in [0.4, 0.5) is 0 Å². The van der Waals surface area contributed by atoms with Gasteiger partial charge in [0.05, 0.1) is 18.3 Å². The Hall–Kier alpha value is -1.24. The lowest BCUT2D eigenvalue weighted by atomic mass is 9.88. The summed E-state index contributed by atoms with van der Waals surface area (Å²) in [7, 11) is 0. The van der Waals surface area contributed by atoms with Gasteiger partial charge >= 0.3 is 5.97 Å². The minimum absolute atomic E-state index is 0.0706. The van der Waals surface area contributed by atoms with Crippen molar-refractivity contribution in [1.82, 2.24) is 0 Å². The molecular formula is C20H34O6. The van der Waals surface area contributed by atoms with Crippen LogP contribution < -0.4 is 0 Å². The summed E-state index contributed by atoms with van der Waals surface area (Å²) < 4.78 is 0. The largest absolute Gasteiger partial charge is 0.481 e. The molecule has 0 aromatic carbocycles. The second-order valence-electron chi connectivity index (χ2n) is 7.50. The maximum Gasteiger partial charge on any atom is 0.303 e. The maximum absolute atomic E-state index is 12.1. The first-order valence-corrected chi connectivity index (χ1v) is 9.78. The molecule has 1 saturated carbocycles. The van der Waals surface area contributed by atoms with Gasteiger partial charge in [0.1, 0.15) is 5.78 Å². The first kappa shape index (κ1) is 22.8. The van der Waals surface area contributed by atoms with Crippen LogP contribution in [0.3, 0.4) is 0 Å². The van der Waals surface area contributed by atoms with Gasteiger partial charge in [-0.25, -0.2) is 0 Å². The molecule has 0 amide bonds. The summed E-state index contributed by atoms with van der Waals surface area (Å²) >= 11 is 0. The third-order valence-electron chi connectivity index (χ3n) is 5.07. The van der Waals surface area contributed by atoms with E-state index in [9.17, 15) is 24.9 Å². The number of hydrogen-bond acceptors (Lipinski definition) is 5. The van der Waals surface area contributed by atoms with Crippen LogP contribution in [-0.4, -0.2) is 50.5 Å². The van der Waals surface area contributed by atoms with Crippen LogP contribution in [0.15, 0.2) is 12.2 Å². The Morgan fingerprint density at radius 3 is 2.50 bits per heavy atom. The normalized spacial score (nSPS) is 25.7. The monoisotopic (exact) mass is 370 g/mol. The van der Waals surface area contributed by atoms with E-state index >= 15 is 0 Å². The van der Waals surface area contributed by atoms with E-state index in [0.717, 1.165) is 25.7 Å². The van der Waals surface area contributed by atoms with E-state index < -0.39 is 18.2 Å². The van der Waals surface area contributed by atoms with Crippen molar-refractivity contribution in [3.8, 4) is 0 Å². The lowest BCUT2D eigenvalue weighted by molar-refractivity contribution is -0.137. The van der Waals surface area contributed by atoms with Crippen LogP contribution in [0.5, 0.6) is 0 Å². The molecule has 6 heteroatoms. The summed E-state index contributed by atoms with van der Waals surface area (Å²) in [5.74, 6) is -1.18. The molecule has 0 radical (unpaired) electrons. The minimum atomic E-state index is -0.781. The smallest absolute Gasteiger partial charge is 0.303 e. The summed E-state index contributed by atoms with van der Waals surface area (Å²) in [4.78, 5) is 22.6. The van der Waals surface area contributed by atoms with Crippen LogP contribution in [0.2, 0.25) is 0 Å². The van der Waals surface area contributed by atoms with Crippen LogP contribution in [0, 0.1) is 11.8 Å². The van der Waals surface area contributed by atoms with Gasteiger partial charge in [0.15, 0.2) is 0 Å². The molecule has 5 atom stereocenters. The van der Waals surface area contributed by atoms with Crippen LogP contribution in [0.1, 0.15) is 71.1 Å². The summed E-state index contributed by atoms with van der Waals surface area (Å²) in [6, 6.07) is 0. The van der Waals surface area contributed by atoms with Crippen molar-refractivity contribution in [2.75, 3.05) is 0 Å². The molecule has 0 heterocycles. The van der Waals surface area contributed by atoms with Gasteiger partial charge in [-0.15, -0.1) is 0 Å². The third-order valence-corrected chi connectivity index (χ3v) is 5.07. The SMILES string of the molecule is CC(O)CCC[C@H](O)/C=C/C1[C@H](O)CC(=O)[C@@H]1CCCCCCC(=O)O. The lowest BCUT2D eigenvalue weighted by Crippen LogP contribution is -2.19. The van der Waals surface area contributed by atoms with Gasteiger partial charge in [0.25, 0.3) is 0 Å². The van der Waals surface area contributed by atoms with Crippen molar-refractivity contribution in [2.24, 2.45) is 11.8 Å². The molecule has 1 aliphatic rings. The van der Waals surface area contributed by atoms with E-state index in [1.807, 2.05) is 0 Å². The minimum Gasteiger partial charge on any atom is -0.481 e. The fourth-order valence-electron chi connectivity index (χ4n) is 3.56. The molecular weight excluding hydrogens is 336 g/mol. The number of Topliss-reactive ketones (excluding diaryl/α,β-unsaturated/α-hetero) is 1. The Morgan fingerprint density at radius 1 is 1.15 bits per heavy atom. The fourth-order valence-corrected chi connectivity index (χ4v) is 3.56. The highest BCUT2D eigenvalue weighted by Crippen LogP contribution is 2.34. The molecule has 1 aliphatic carbocycles. The Balaban J connectivity index is 2.39. The van der Waals surface area contributed by atoms with Crippen molar-refractivity contribution in [2.45, 2.75) is 89.4 Å². The number of aliphatic hydroxyl groups excluding tert-OH is 3. The highest BCUT2D eigenvalue weighted by Gasteiger charge is 2.39. The highest BCUT2D eigenvalue weighted by molar-refractivity contribution is 5.84. The molecule has 6 nitrogen and oxygen atoms in total. The standard InChI is InChI=1S/C20H34O6/c1-14(21)7-6-8-15(22)11-12-17-16(18(23)13-19(17)24)9-4-2-3-5-10-20(25)26/h11-12,14-17,19,21-22,24H,2-10,13H2,1H3,(H,25,26)/b12-11+/t14?,15-,16+,17?,19+/m0/s1. The van der Waals surface area contributed by atoms with Gasteiger partial charge in [-0.05, 0) is 39.0 Å². The zero-order valence-electron chi connectivity index (χ0n) is 15.7. The van der Waals surface area contributed by atoms with Crippen molar-refractivity contribution >= 4 is 11.8 Å². The molecule has 1 rings (SSSR count). The number of hydrogen-bond donors (Lipinski definition) is 4. The molecule has 1 fully saturated rings. The van der Waals surface area contributed by atoms with Crippen LogP contribution in [0.25, 0.3) is 0 Å². The molecule has 150 valence electrons. The number of carboxylic acid groups (broad SMARTS) is 1. The average molecular weight is 370 g/mol. The van der Waals surface area contributed by atoms with Gasteiger partial charge in [0, 0.05) is 24.7 Å². The quantitative estimate of drug-likeness (QED) is 0.292. The molecule has 26 heavy (non-hydrogen) atoms. The lowest BCUT2D eigenvalue weighted by Gasteiger charge is -2.18. The first-order chi connectivity index (χ1) is 12.3. The zero-order valence-corrected chi connectivity index (χ0v) is 15.7. The number of carbonyl (C=O) groups is 2. The van der Waals surface area contributed by atoms with E-state index in [-0.39, 0.29) is 36.6 Å². The number of rotatable bonds is 13. The predicted octanol–water partition coefficient (Wildman–Crippen LogP) is 2.45.